The van der Waals surface area contributed by atoms with E-state index in [4.69, 9.17) is 0 Å². The monoisotopic (exact) mass is 353 g/mol. The molecule has 0 spiro atoms. The molecule has 7 heteroatoms. The fourth-order valence-electron chi connectivity index (χ4n) is 3.25. The molecule has 1 aliphatic carbocycles. The van der Waals surface area contributed by atoms with Crippen molar-refractivity contribution in [3.05, 3.63) is 48.3 Å². The molecule has 2 amide bonds. The minimum absolute atomic E-state index is 0.145. The van der Waals surface area contributed by atoms with Crippen LogP contribution in [0.5, 0.6) is 0 Å². The van der Waals surface area contributed by atoms with E-state index in [0.29, 0.717) is 24.4 Å². The lowest BCUT2D eigenvalue weighted by Crippen LogP contribution is -2.59. The fourth-order valence-corrected chi connectivity index (χ4v) is 3.25. The van der Waals surface area contributed by atoms with E-state index < -0.39 is 5.54 Å². The van der Waals surface area contributed by atoms with Crippen LogP contribution in [-0.2, 0) is 4.79 Å². The molecule has 26 heavy (non-hydrogen) atoms. The number of nitrogens with one attached hydrogen (secondary N) is 3. The average molecular weight is 353 g/mol. The zero-order valence-electron chi connectivity index (χ0n) is 14.8. The molecular weight excluding hydrogens is 330 g/mol. The fraction of sp³-hybridized carbons (Fsp3) is 0.368. The normalized spacial score (nSPS) is 15.7. The van der Waals surface area contributed by atoms with Gasteiger partial charge in [0.25, 0.3) is 5.91 Å². The van der Waals surface area contributed by atoms with Gasteiger partial charge in [0.05, 0.1) is 5.56 Å². The van der Waals surface area contributed by atoms with Crippen molar-refractivity contribution in [1.82, 2.24) is 20.6 Å². The second kappa shape index (κ2) is 7.95. The van der Waals surface area contributed by atoms with Gasteiger partial charge in [-0.1, -0.05) is 37.5 Å². The number of rotatable bonds is 5. The summed E-state index contributed by atoms with van der Waals surface area (Å²) in [4.78, 5) is 33.3. The third-order valence-corrected chi connectivity index (χ3v) is 4.67. The second-order valence-electron chi connectivity index (χ2n) is 6.46. The summed E-state index contributed by atoms with van der Waals surface area (Å²) in [5.41, 5.74) is 0.355. The highest BCUT2D eigenvalue weighted by Crippen LogP contribution is 2.28. The molecular formula is C19H23N5O2. The smallest absolute Gasteiger partial charge is 0.255 e. The van der Waals surface area contributed by atoms with E-state index in [9.17, 15) is 9.59 Å². The molecule has 1 aliphatic rings. The quantitative estimate of drug-likeness (QED) is 0.767. The minimum Gasteiger partial charge on any atom is -0.357 e. The van der Waals surface area contributed by atoms with Crippen LogP contribution in [-0.4, -0.2) is 34.4 Å². The number of hydrogen-bond donors (Lipinski definition) is 3. The lowest BCUT2D eigenvalue weighted by Gasteiger charge is -2.36. The van der Waals surface area contributed by atoms with Gasteiger partial charge in [0, 0.05) is 25.1 Å². The van der Waals surface area contributed by atoms with Crippen molar-refractivity contribution in [1.29, 1.82) is 0 Å². The summed E-state index contributed by atoms with van der Waals surface area (Å²) in [7, 11) is 1.60. The molecule has 3 rings (SSSR count). The Kier molecular flexibility index (Phi) is 5.46. The highest BCUT2D eigenvalue weighted by atomic mass is 16.2. The third kappa shape index (κ3) is 3.99. The molecule has 136 valence electrons. The van der Waals surface area contributed by atoms with E-state index in [2.05, 4.69) is 25.9 Å². The van der Waals surface area contributed by atoms with Crippen LogP contribution in [0.15, 0.2) is 42.7 Å². The van der Waals surface area contributed by atoms with Gasteiger partial charge in [0.15, 0.2) is 0 Å². The Balaban J connectivity index is 1.70. The van der Waals surface area contributed by atoms with Gasteiger partial charge in [-0.3, -0.25) is 9.59 Å². The Morgan fingerprint density at radius 2 is 1.65 bits per heavy atom. The van der Waals surface area contributed by atoms with Gasteiger partial charge in [-0.15, -0.1) is 0 Å². The zero-order valence-corrected chi connectivity index (χ0v) is 14.8. The van der Waals surface area contributed by atoms with Crippen molar-refractivity contribution >= 4 is 23.5 Å². The summed E-state index contributed by atoms with van der Waals surface area (Å²) in [6.07, 6.45) is 7.15. The van der Waals surface area contributed by atoms with Crippen LogP contribution in [0.25, 0.3) is 0 Å². The van der Waals surface area contributed by atoms with Crippen molar-refractivity contribution < 1.29 is 9.59 Å². The Morgan fingerprint density at radius 3 is 2.27 bits per heavy atom. The maximum absolute atomic E-state index is 12.6. The van der Waals surface area contributed by atoms with Gasteiger partial charge in [-0.2, -0.15) is 0 Å². The molecule has 2 aromatic rings. The van der Waals surface area contributed by atoms with Crippen LogP contribution < -0.4 is 16.0 Å². The summed E-state index contributed by atoms with van der Waals surface area (Å²) in [5.74, 6) is -0.0676. The molecule has 1 saturated carbocycles. The molecule has 0 unspecified atom stereocenters. The zero-order chi connectivity index (χ0) is 18.4. The number of aromatic nitrogens is 2. The first-order valence-corrected chi connectivity index (χ1v) is 8.82. The van der Waals surface area contributed by atoms with E-state index in [1.54, 1.807) is 7.05 Å². The number of nitrogens with zero attached hydrogens (tertiary/aromatic N) is 2. The van der Waals surface area contributed by atoms with Crippen molar-refractivity contribution in [2.75, 3.05) is 12.4 Å². The van der Waals surface area contributed by atoms with E-state index >= 15 is 0 Å². The topological polar surface area (TPSA) is 96.0 Å². The first-order chi connectivity index (χ1) is 12.6. The summed E-state index contributed by atoms with van der Waals surface area (Å²) in [6, 6.07) is 9.55. The molecule has 1 fully saturated rings. The molecule has 1 aromatic carbocycles. The number of carbonyl (C=O) groups excluding carboxylic acids is 2. The van der Waals surface area contributed by atoms with Crippen LogP contribution in [0, 0.1) is 0 Å². The molecule has 0 radical (unpaired) electrons. The number of likely N-dealkylation sites (N-methyl/N-ethyl adjacent to an activating group) is 1. The number of benzene rings is 1. The largest absolute Gasteiger partial charge is 0.357 e. The highest BCUT2D eigenvalue weighted by molar-refractivity contribution is 5.99. The molecule has 0 aliphatic heterocycles. The number of anilines is 2. The van der Waals surface area contributed by atoms with E-state index in [-0.39, 0.29) is 11.8 Å². The summed E-state index contributed by atoms with van der Waals surface area (Å²) in [5, 5.41) is 8.66. The first kappa shape index (κ1) is 17.8. The molecule has 7 nitrogen and oxygen atoms in total. The second-order valence-corrected chi connectivity index (χ2v) is 6.46. The van der Waals surface area contributed by atoms with Crippen LogP contribution in [0.3, 0.4) is 0 Å². The van der Waals surface area contributed by atoms with Gasteiger partial charge in [-0.05, 0) is 25.0 Å². The van der Waals surface area contributed by atoms with Crippen molar-refractivity contribution in [3.8, 4) is 0 Å². The lowest BCUT2D eigenvalue weighted by atomic mass is 9.80. The predicted octanol–water partition coefficient (Wildman–Crippen LogP) is 2.40. The first-order valence-electron chi connectivity index (χ1n) is 8.82. The summed E-state index contributed by atoms with van der Waals surface area (Å²) < 4.78 is 0. The van der Waals surface area contributed by atoms with Crippen LogP contribution in [0.1, 0.15) is 42.5 Å². The molecule has 0 atom stereocenters. The van der Waals surface area contributed by atoms with Gasteiger partial charge < -0.3 is 16.0 Å². The van der Waals surface area contributed by atoms with Crippen molar-refractivity contribution in [2.45, 2.75) is 37.6 Å². The average Bonchev–Trinajstić information content (AvgIpc) is 2.69. The maximum Gasteiger partial charge on any atom is 0.255 e. The third-order valence-electron chi connectivity index (χ3n) is 4.67. The molecule has 0 saturated heterocycles. The van der Waals surface area contributed by atoms with Crippen LogP contribution in [0.2, 0.25) is 0 Å². The molecule has 1 aromatic heterocycles. The van der Waals surface area contributed by atoms with Crippen LogP contribution >= 0.6 is 0 Å². The van der Waals surface area contributed by atoms with E-state index in [1.807, 2.05) is 30.3 Å². The van der Waals surface area contributed by atoms with Gasteiger partial charge in [-0.25, -0.2) is 9.97 Å². The Bertz CT molecular complexity index is 755. The molecule has 3 N–H and O–H groups in total. The van der Waals surface area contributed by atoms with E-state index in [1.165, 1.54) is 12.4 Å². The summed E-state index contributed by atoms with van der Waals surface area (Å²) >= 11 is 0. The lowest BCUT2D eigenvalue weighted by molar-refractivity contribution is -0.128. The van der Waals surface area contributed by atoms with Gasteiger partial charge >= 0.3 is 0 Å². The van der Waals surface area contributed by atoms with Gasteiger partial charge in [0.1, 0.15) is 5.54 Å². The van der Waals surface area contributed by atoms with Crippen LogP contribution in [0.4, 0.5) is 11.6 Å². The number of amides is 2. The number of hydrogen-bond acceptors (Lipinski definition) is 5. The Morgan fingerprint density at radius 1 is 1.00 bits per heavy atom. The Labute approximate surface area is 152 Å². The molecule has 0 bridgehead atoms. The van der Waals surface area contributed by atoms with Crippen molar-refractivity contribution in [2.24, 2.45) is 0 Å². The standard InChI is InChI=1S/C19H23N5O2/c1-20-17(26)19(10-6-3-7-11-19)24-16(25)14-12-21-18(22-13-14)23-15-8-4-2-5-9-15/h2,4-5,8-9,12-13H,3,6-7,10-11H2,1H3,(H,20,26)(H,24,25)(H,21,22,23). The highest BCUT2D eigenvalue weighted by Gasteiger charge is 2.40. The minimum atomic E-state index is -0.842. The predicted molar refractivity (Wildman–Crippen MR) is 99.1 cm³/mol. The number of para-hydroxylation sites is 1. The SMILES string of the molecule is CNC(=O)C1(NC(=O)c2cnc(Nc3ccccc3)nc2)CCCCC1. The maximum atomic E-state index is 12.6. The van der Waals surface area contributed by atoms with Gasteiger partial charge in [0.2, 0.25) is 11.9 Å². The van der Waals surface area contributed by atoms with E-state index in [0.717, 1.165) is 24.9 Å². The van der Waals surface area contributed by atoms with Crippen molar-refractivity contribution in [3.63, 3.8) is 0 Å². The number of carbonyl (C=O) groups is 2. The Hall–Kier alpha value is -2.96. The summed E-state index contributed by atoms with van der Waals surface area (Å²) in [6.45, 7) is 0. The molecule has 1 heterocycles.